The second-order valence-corrected chi connectivity index (χ2v) is 7.40. The van der Waals surface area contributed by atoms with Gasteiger partial charge < -0.3 is 9.64 Å². The van der Waals surface area contributed by atoms with Gasteiger partial charge in [-0.15, -0.1) is 0 Å². The summed E-state index contributed by atoms with van der Waals surface area (Å²) in [5.74, 6) is 0.526. The number of amides is 1. The molecule has 0 aliphatic rings. The molecule has 0 radical (unpaired) electrons. The molecule has 2 N–H and O–H groups in total. The van der Waals surface area contributed by atoms with Gasteiger partial charge in [-0.25, -0.2) is 0 Å². The fraction of sp³-hybridized carbons (Fsp3) is 0.208. The molecule has 0 saturated carbocycles. The molecule has 0 spiro atoms. The first kappa shape index (κ1) is 20.4. The Morgan fingerprint density at radius 3 is 2.74 bits per heavy atom. The Bertz CT molecular complexity index is 1220. The molecule has 0 bridgehead atoms. The zero-order valence-electron chi connectivity index (χ0n) is 17.7. The number of aromatic nitrogens is 3. The van der Waals surface area contributed by atoms with E-state index >= 15 is 0 Å². The number of rotatable bonds is 6. The van der Waals surface area contributed by atoms with Gasteiger partial charge in [-0.1, -0.05) is 30.3 Å². The Labute approximate surface area is 180 Å². The van der Waals surface area contributed by atoms with Crippen molar-refractivity contribution in [2.45, 2.75) is 19.9 Å². The maximum atomic E-state index is 13.3. The Balaban J connectivity index is 1.67. The van der Waals surface area contributed by atoms with E-state index in [9.17, 15) is 10.0 Å². The fourth-order valence-corrected chi connectivity index (χ4v) is 3.70. The maximum absolute atomic E-state index is 13.3. The van der Waals surface area contributed by atoms with E-state index in [2.05, 4.69) is 10.2 Å². The standard InChI is InChI=1S/C24H24N4O3/c1-4-31-22-12-18(10-11-20(22)17-8-6-5-7-9-17)24(29)27(3)16(2)21-15-28(30)14-19-13-25-26-23(19)21/h5-16,30H,4H2,1-3H3/p+1/t16-/m0/s1. The largest absolute Gasteiger partial charge is 0.493 e. The van der Waals surface area contributed by atoms with E-state index in [1.54, 1.807) is 36.6 Å². The molecule has 4 rings (SSSR count). The summed E-state index contributed by atoms with van der Waals surface area (Å²) in [6.45, 7) is 4.34. The quantitative estimate of drug-likeness (QED) is 0.367. The number of ether oxygens (including phenoxy) is 1. The average molecular weight is 417 g/mol. The van der Waals surface area contributed by atoms with Crippen LogP contribution >= 0.6 is 0 Å². The van der Waals surface area contributed by atoms with Crippen LogP contribution in [0.4, 0.5) is 0 Å². The summed E-state index contributed by atoms with van der Waals surface area (Å²) in [6.07, 6.45) is 4.78. The number of H-pyrrole nitrogens is 1. The van der Waals surface area contributed by atoms with Crippen LogP contribution in [0.25, 0.3) is 22.0 Å². The first-order chi connectivity index (χ1) is 15.0. The molecule has 0 unspecified atom stereocenters. The predicted octanol–water partition coefficient (Wildman–Crippen LogP) is 3.99. The van der Waals surface area contributed by atoms with E-state index < -0.39 is 0 Å². The molecule has 31 heavy (non-hydrogen) atoms. The lowest BCUT2D eigenvalue weighted by Crippen LogP contribution is -2.34. The van der Waals surface area contributed by atoms with Gasteiger partial charge in [-0.3, -0.25) is 15.1 Å². The summed E-state index contributed by atoms with van der Waals surface area (Å²) < 4.78 is 6.84. The molecule has 7 nitrogen and oxygen atoms in total. The SMILES string of the molecule is CCOc1cc(C(=O)N(C)[C@@H](C)c2c[n+](O)cc3cn[nH]c23)ccc1-c1ccccc1. The molecule has 2 aromatic heterocycles. The first-order valence-electron chi connectivity index (χ1n) is 10.2. The van der Waals surface area contributed by atoms with Crippen molar-refractivity contribution >= 4 is 16.8 Å². The monoisotopic (exact) mass is 417 g/mol. The second kappa shape index (κ2) is 8.47. The van der Waals surface area contributed by atoms with Crippen molar-refractivity contribution in [1.29, 1.82) is 0 Å². The van der Waals surface area contributed by atoms with Gasteiger partial charge in [0, 0.05) is 22.9 Å². The highest BCUT2D eigenvalue weighted by molar-refractivity contribution is 5.96. The molecule has 158 valence electrons. The van der Waals surface area contributed by atoms with Crippen LogP contribution in [0.15, 0.2) is 67.1 Å². The number of pyridine rings is 1. The van der Waals surface area contributed by atoms with Crippen LogP contribution in [0.1, 0.15) is 35.8 Å². The highest BCUT2D eigenvalue weighted by atomic mass is 16.5. The van der Waals surface area contributed by atoms with Crippen LogP contribution in [0.5, 0.6) is 5.75 Å². The molecule has 0 fully saturated rings. The van der Waals surface area contributed by atoms with Crippen LogP contribution in [-0.2, 0) is 0 Å². The van der Waals surface area contributed by atoms with Gasteiger partial charge in [-0.05, 0) is 37.6 Å². The van der Waals surface area contributed by atoms with Gasteiger partial charge in [0.25, 0.3) is 5.91 Å². The Hall–Kier alpha value is -3.87. The number of benzene rings is 2. The highest BCUT2D eigenvalue weighted by Crippen LogP contribution is 2.32. The van der Waals surface area contributed by atoms with Gasteiger partial charge in [0.05, 0.1) is 35.3 Å². The smallest absolute Gasteiger partial charge is 0.254 e. The number of carbonyl (C=O) groups is 1. The van der Waals surface area contributed by atoms with Crippen molar-refractivity contribution in [3.8, 4) is 16.9 Å². The lowest BCUT2D eigenvalue weighted by Gasteiger charge is -2.25. The van der Waals surface area contributed by atoms with Crippen molar-refractivity contribution in [3.05, 3.63) is 78.2 Å². The highest BCUT2D eigenvalue weighted by Gasteiger charge is 2.25. The van der Waals surface area contributed by atoms with Gasteiger partial charge in [-0.2, -0.15) is 5.10 Å². The van der Waals surface area contributed by atoms with E-state index in [4.69, 9.17) is 4.74 Å². The Morgan fingerprint density at radius 2 is 2.00 bits per heavy atom. The third-order valence-corrected chi connectivity index (χ3v) is 5.46. The molecular weight excluding hydrogens is 392 g/mol. The van der Waals surface area contributed by atoms with Gasteiger partial charge >= 0.3 is 0 Å². The average Bonchev–Trinajstić information content (AvgIpc) is 3.26. The lowest BCUT2D eigenvalue weighted by molar-refractivity contribution is -0.904. The van der Waals surface area contributed by atoms with E-state index in [0.717, 1.165) is 32.3 Å². The van der Waals surface area contributed by atoms with Crippen molar-refractivity contribution in [2.24, 2.45) is 0 Å². The van der Waals surface area contributed by atoms with E-state index in [1.165, 1.54) is 0 Å². The van der Waals surface area contributed by atoms with Crippen molar-refractivity contribution in [2.75, 3.05) is 13.7 Å². The number of fused-ring (bicyclic) bond motifs is 1. The van der Waals surface area contributed by atoms with Crippen molar-refractivity contribution in [1.82, 2.24) is 15.1 Å². The number of hydrogen-bond donors (Lipinski definition) is 2. The molecule has 2 heterocycles. The minimum absolute atomic E-state index is 0.144. The lowest BCUT2D eigenvalue weighted by atomic mass is 10.0. The van der Waals surface area contributed by atoms with E-state index in [1.807, 2.05) is 56.3 Å². The molecule has 4 aromatic rings. The first-order valence-corrected chi connectivity index (χ1v) is 10.2. The molecule has 1 amide bonds. The maximum Gasteiger partial charge on any atom is 0.254 e. The third kappa shape index (κ3) is 3.94. The van der Waals surface area contributed by atoms with Crippen molar-refractivity contribution < 1.29 is 19.5 Å². The van der Waals surface area contributed by atoms with Crippen molar-refractivity contribution in [3.63, 3.8) is 0 Å². The molecule has 0 saturated heterocycles. The number of nitrogens with zero attached hydrogens (tertiary/aromatic N) is 3. The van der Waals surface area contributed by atoms with Crippen LogP contribution in [-0.4, -0.2) is 39.9 Å². The number of nitrogens with one attached hydrogen (secondary N) is 1. The molecule has 0 aliphatic carbocycles. The van der Waals surface area contributed by atoms with E-state index in [-0.39, 0.29) is 11.9 Å². The summed E-state index contributed by atoms with van der Waals surface area (Å²) in [5.41, 5.74) is 4.06. The van der Waals surface area contributed by atoms with Crippen LogP contribution in [0.3, 0.4) is 0 Å². The molecule has 0 aliphatic heterocycles. The zero-order valence-corrected chi connectivity index (χ0v) is 17.7. The molecule has 2 aromatic carbocycles. The third-order valence-electron chi connectivity index (χ3n) is 5.46. The Kier molecular flexibility index (Phi) is 5.58. The zero-order chi connectivity index (χ0) is 22.0. The summed E-state index contributed by atoms with van der Waals surface area (Å²) in [5, 5.41) is 17.8. The van der Waals surface area contributed by atoms with Crippen LogP contribution in [0.2, 0.25) is 0 Å². The second-order valence-electron chi connectivity index (χ2n) is 7.40. The Morgan fingerprint density at radius 1 is 1.23 bits per heavy atom. The minimum Gasteiger partial charge on any atom is -0.493 e. The van der Waals surface area contributed by atoms with Gasteiger partial charge in [0.15, 0.2) is 0 Å². The summed E-state index contributed by atoms with van der Waals surface area (Å²) in [4.78, 5) is 14.9. The summed E-state index contributed by atoms with van der Waals surface area (Å²) in [6, 6.07) is 15.2. The van der Waals surface area contributed by atoms with Gasteiger partial charge in [0.1, 0.15) is 5.75 Å². The van der Waals surface area contributed by atoms with Crippen LogP contribution in [0, 0.1) is 0 Å². The topological polar surface area (TPSA) is 82.3 Å². The normalized spacial score (nSPS) is 12.0. The van der Waals surface area contributed by atoms with Crippen LogP contribution < -0.4 is 9.47 Å². The predicted molar refractivity (Wildman–Crippen MR) is 117 cm³/mol. The number of aromatic amines is 1. The number of hydrogen-bond acceptors (Lipinski definition) is 4. The van der Waals surface area contributed by atoms with Gasteiger partial charge in [0.2, 0.25) is 12.4 Å². The summed E-state index contributed by atoms with van der Waals surface area (Å²) in [7, 11) is 1.75. The summed E-state index contributed by atoms with van der Waals surface area (Å²) >= 11 is 0. The molecule has 7 heteroatoms. The fourth-order valence-electron chi connectivity index (χ4n) is 3.70. The minimum atomic E-state index is -0.306. The molecular formula is C24H25N4O3+. The molecule has 1 atom stereocenters. The van der Waals surface area contributed by atoms with E-state index in [0.29, 0.717) is 17.9 Å². The number of carbonyl (C=O) groups excluding carboxylic acids is 1.